The minimum atomic E-state index is -1.17. The summed E-state index contributed by atoms with van der Waals surface area (Å²) in [4.78, 5) is 24.6. The van der Waals surface area contributed by atoms with Crippen LogP contribution in [0.15, 0.2) is 54.6 Å². The van der Waals surface area contributed by atoms with Crippen LogP contribution in [0.2, 0.25) is 0 Å². The third kappa shape index (κ3) is 5.47. The van der Waals surface area contributed by atoms with Gasteiger partial charge in [-0.2, -0.15) is 0 Å². The number of benzene rings is 2. The van der Waals surface area contributed by atoms with Gasteiger partial charge in [0.25, 0.3) is 0 Å². The number of nitrogens with zero attached hydrogens (tertiary/aromatic N) is 1. The number of hydrogen-bond donors (Lipinski definition) is 1. The number of carboxylic acids is 1. The van der Waals surface area contributed by atoms with Crippen molar-refractivity contribution in [1.29, 1.82) is 0 Å². The fraction of sp³-hybridized carbons (Fsp3) is 0.222. The second-order valence-corrected chi connectivity index (χ2v) is 5.33. The quantitative estimate of drug-likeness (QED) is 0.888. The van der Waals surface area contributed by atoms with E-state index >= 15 is 0 Å². The van der Waals surface area contributed by atoms with Crippen LogP contribution < -0.4 is 10.4 Å². The predicted molar refractivity (Wildman–Crippen MR) is 86.7 cm³/mol. The van der Waals surface area contributed by atoms with Crippen molar-refractivity contribution in [3.05, 3.63) is 65.7 Å². The van der Waals surface area contributed by atoms with Crippen LogP contribution in [0.25, 0.3) is 0 Å². The summed E-state index contributed by atoms with van der Waals surface area (Å²) in [6.45, 7) is 2.40. The summed E-state index contributed by atoms with van der Waals surface area (Å²) in [7, 11) is 0. The zero-order valence-corrected chi connectivity index (χ0v) is 13.0. The lowest BCUT2D eigenvalue weighted by Crippen LogP contribution is -2.38. The van der Waals surface area contributed by atoms with E-state index in [9.17, 15) is 14.7 Å². The van der Waals surface area contributed by atoms with Crippen LogP contribution in [0.1, 0.15) is 17.5 Å². The zero-order valence-electron chi connectivity index (χ0n) is 13.0. The minimum Gasteiger partial charge on any atom is -0.550 e. The maximum atomic E-state index is 12.4. The van der Waals surface area contributed by atoms with Crippen molar-refractivity contribution in [2.45, 2.75) is 19.9 Å². The van der Waals surface area contributed by atoms with Crippen molar-refractivity contribution in [2.24, 2.45) is 0 Å². The van der Waals surface area contributed by atoms with Gasteiger partial charge in [0.15, 0.2) is 0 Å². The Hall–Kier alpha value is -2.82. The SMILES string of the molecule is Cc1ccc(NC(=O)N(CCC(=O)[O-])Cc2ccccc2)cc1. The molecule has 0 aliphatic carbocycles. The molecule has 0 radical (unpaired) electrons. The lowest BCUT2D eigenvalue weighted by atomic mass is 10.2. The van der Waals surface area contributed by atoms with Gasteiger partial charge in [-0.15, -0.1) is 0 Å². The van der Waals surface area contributed by atoms with Crippen molar-refractivity contribution >= 4 is 17.7 Å². The standard InChI is InChI=1S/C18H20N2O3/c1-14-7-9-16(10-8-14)19-18(23)20(12-11-17(21)22)13-15-5-3-2-4-6-15/h2-10H,11-13H2,1H3,(H,19,23)(H,21,22)/p-1. The molecule has 23 heavy (non-hydrogen) atoms. The molecule has 0 aromatic heterocycles. The molecule has 5 nitrogen and oxygen atoms in total. The number of urea groups is 1. The van der Waals surface area contributed by atoms with E-state index in [-0.39, 0.29) is 19.0 Å². The number of carbonyl (C=O) groups is 2. The number of aryl methyl sites for hydroxylation is 1. The van der Waals surface area contributed by atoms with Gasteiger partial charge in [-0.3, -0.25) is 0 Å². The number of nitrogens with one attached hydrogen (secondary N) is 1. The van der Waals surface area contributed by atoms with Crippen molar-refractivity contribution in [1.82, 2.24) is 4.90 Å². The predicted octanol–water partition coefficient (Wildman–Crippen LogP) is 2.17. The minimum absolute atomic E-state index is 0.0922. The molecule has 2 aromatic carbocycles. The second-order valence-electron chi connectivity index (χ2n) is 5.33. The summed E-state index contributed by atoms with van der Waals surface area (Å²) < 4.78 is 0. The second kappa shape index (κ2) is 7.98. The van der Waals surface area contributed by atoms with E-state index in [0.717, 1.165) is 11.1 Å². The van der Waals surface area contributed by atoms with E-state index < -0.39 is 5.97 Å². The first-order valence-electron chi connectivity index (χ1n) is 7.41. The van der Waals surface area contributed by atoms with Crippen LogP contribution in [0.5, 0.6) is 0 Å². The largest absolute Gasteiger partial charge is 0.550 e. The lowest BCUT2D eigenvalue weighted by Gasteiger charge is -2.23. The molecule has 0 saturated carbocycles. The topological polar surface area (TPSA) is 72.5 Å². The highest BCUT2D eigenvalue weighted by atomic mass is 16.4. The van der Waals surface area contributed by atoms with Gasteiger partial charge in [-0.1, -0.05) is 48.0 Å². The number of aliphatic carboxylic acids is 1. The van der Waals surface area contributed by atoms with Gasteiger partial charge in [0, 0.05) is 31.2 Å². The zero-order chi connectivity index (χ0) is 16.7. The van der Waals surface area contributed by atoms with Crippen molar-refractivity contribution in [3.63, 3.8) is 0 Å². The van der Waals surface area contributed by atoms with Gasteiger partial charge >= 0.3 is 6.03 Å². The summed E-state index contributed by atoms with van der Waals surface area (Å²) in [6.07, 6.45) is -0.200. The summed E-state index contributed by atoms with van der Waals surface area (Å²) in [6, 6.07) is 16.5. The third-order valence-electron chi connectivity index (χ3n) is 3.39. The fourth-order valence-corrected chi connectivity index (χ4v) is 2.12. The Kier molecular flexibility index (Phi) is 5.74. The molecule has 0 bridgehead atoms. The molecule has 0 unspecified atom stereocenters. The van der Waals surface area contributed by atoms with E-state index in [1.54, 1.807) is 0 Å². The van der Waals surface area contributed by atoms with Crippen LogP contribution in [0.4, 0.5) is 10.5 Å². The first kappa shape index (κ1) is 16.5. The molecule has 5 heteroatoms. The number of hydrogen-bond acceptors (Lipinski definition) is 3. The molecule has 2 aromatic rings. The van der Waals surface area contributed by atoms with E-state index in [1.165, 1.54) is 4.90 Å². The summed E-state index contributed by atoms with van der Waals surface area (Å²) >= 11 is 0. The molecular weight excluding hydrogens is 292 g/mol. The Morgan fingerprint density at radius 3 is 2.30 bits per heavy atom. The average Bonchev–Trinajstić information content (AvgIpc) is 2.54. The van der Waals surface area contributed by atoms with Gasteiger partial charge in [0.05, 0.1) is 0 Å². The summed E-state index contributed by atoms with van der Waals surface area (Å²) in [5.74, 6) is -1.17. The summed E-state index contributed by atoms with van der Waals surface area (Å²) in [5.41, 5.74) is 2.71. The summed E-state index contributed by atoms with van der Waals surface area (Å²) in [5, 5.41) is 13.5. The molecule has 0 atom stereocenters. The molecule has 0 heterocycles. The normalized spacial score (nSPS) is 10.1. The van der Waals surface area contributed by atoms with E-state index in [0.29, 0.717) is 12.2 Å². The van der Waals surface area contributed by atoms with Crippen molar-refractivity contribution in [2.75, 3.05) is 11.9 Å². The Bertz CT molecular complexity index is 654. The number of carbonyl (C=O) groups excluding carboxylic acids is 2. The van der Waals surface area contributed by atoms with Gasteiger partial charge in [-0.05, 0) is 24.6 Å². The Balaban J connectivity index is 2.06. The Labute approximate surface area is 135 Å². The van der Waals surface area contributed by atoms with Gasteiger partial charge in [-0.25, -0.2) is 4.79 Å². The molecule has 0 saturated heterocycles. The number of rotatable bonds is 6. The van der Waals surface area contributed by atoms with Gasteiger partial charge in [0.2, 0.25) is 0 Å². The number of amides is 2. The lowest BCUT2D eigenvalue weighted by molar-refractivity contribution is -0.305. The fourth-order valence-electron chi connectivity index (χ4n) is 2.12. The van der Waals surface area contributed by atoms with E-state index in [4.69, 9.17) is 0 Å². The van der Waals surface area contributed by atoms with Crippen molar-refractivity contribution < 1.29 is 14.7 Å². The third-order valence-corrected chi connectivity index (χ3v) is 3.39. The molecule has 2 rings (SSSR count). The van der Waals surface area contributed by atoms with Crippen LogP contribution in [-0.2, 0) is 11.3 Å². The smallest absolute Gasteiger partial charge is 0.322 e. The first-order valence-corrected chi connectivity index (χ1v) is 7.41. The number of anilines is 1. The molecule has 2 amide bonds. The molecule has 120 valence electrons. The van der Waals surface area contributed by atoms with Crippen LogP contribution in [0, 0.1) is 6.92 Å². The Morgan fingerprint density at radius 2 is 1.70 bits per heavy atom. The maximum Gasteiger partial charge on any atom is 0.322 e. The monoisotopic (exact) mass is 311 g/mol. The van der Waals surface area contributed by atoms with E-state index in [1.807, 2.05) is 61.5 Å². The Morgan fingerprint density at radius 1 is 1.04 bits per heavy atom. The molecule has 1 N–H and O–H groups in total. The highest BCUT2D eigenvalue weighted by Gasteiger charge is 2.14. The highest BCUT2D eigenvalue weighted by Crippen LogP contribution is 2.12. The molecule has 0 spiro atoms. The van der Waals surface area contributed by atoms with E-state index in [2.05, 4.69) is 5.32 Å². The molecular formula is C18H19N2O3-. The van der Waals surface area contributed by atoms with Crippen LogP contribution in [0.3, 0.4) is 0 Å². The molecule has 0 aliphatic heterocycles. The van der Waals surface area contributed by atoms with Gasteiger partial charge in [0.1, 0.15) is 0 Å². The number of carboxylic acid groups (broad SMARTS) is 1. The van der Waals surface area contributed by atoms with Crippen LogP contribution in [-0.4, -0.2) is 23.4 Å². The molecule has 0 aliphatic rings. The first-order chi connectivity index (χ1) is 11.0. The van der Waals surface area contributed by atoms with Gasteiger partial charge < -0.3 is 20.1 Å². The van der Waals surface area contributed by atoms with Crippen LogP contribution >= 0.6 is 0 Å². The maximum absolute atomic E-state index is 12.4. The average molecular weight is 311 g/mol. The van der Waals surface area contributed by atoms with Crippen molar-refractivity contribution in [3.8, 4) is 0 Å². The molecule has 0 fully saturated rings. The highest BCUT2D eigenvalue weighted by molar-refractivity contribution is 5.89.